The van der Waals surface area contributed by atoms with E-state index in [4.69, 9.17) is 4.74 Å². The second kappa shape index (κ2) is 7.58. The Kier molecular flexibility index (Phi) is 5.36. The number of nitrogens with zero attached hydrogens (tertiary/aromatic N) is 4. The summed E-state index contributed by atoms with van der Waals surface area (Å²) in [6, 6.07) is 5.06. The molecule has 0 spiro atoms. The Morgan fingerprint density at radius 2 is 1.93 bits per heavy atom. The molecule has 28 heavy (non-hydrogen) atoms. The zero-order chi connectivity index (χ0) is 20.5. The number of methoxy groups -OCH3 is 1. The minimum absolute atomic E-state index is 0.0774. The largest absolute Gasteiger partial charge is 0.495 e. The maximum atomic E-state index is 13.1. The van der Waals surface area contributed by atoms with Gasteiger partial charge in [0, 0.05) is 36.5 Å². The van der Waals surface area contributed by atoms with Gasteiger partial charge in [0.2, 0.25) is 5.16 Å². The minimum Gasteiger partial charge on any atom is -0.495 e. The van der Waals surface area contributed by atoms with Gasteiger partial charge in [-0.05, 0) is 18.2 Å². The summed E-state index contributed by atoms with van der Waals surface area (Å²) in [5, 5.41) is -0.433. The second-order valence-electron chi connectivity index (χ2n) is 5.81. The van der Waals surface area contributed by atoms with E-state index >= 15 is 0 Å². The van der Waals surface area contributed by atoms with E-state index in [1.54, 1.807) is 23.0 Å². The number of pyridine rings is 1. The Balaban J connectivity index is 2.05. The van der Waals surface area contributed by atoms with Crippen LogP contribution in [-0.2, 0) is 23.6 Å². The van der Waals surface area contributed by atoms with E-state index in [9.17, 15) is 22.2 Å². The number of rotatable bonds is 5. The Hall–Kier alpha value is -2.95. The van der Waals surface area contributed by atoms with Crippen molar-refractivity contribution in [3.8, 4) is 17.0 Å². The van der Waals surface area contributed by atoms with E-state index in [2.05, 4.69) is 9.97 Å². The molecule has 3 rings (SSSR count). The van der Waals surface area contributed by atoms with E-state index in [0.29, 0.717) is 5.75 Å². The summed E-state index contributed by atoms with van der Waals surface area (Å²) in [6.07, 6.45) is 1.23. The maximum Gasteiger partial charge on any atom is 0.433 e. The van der Waals surface area contributed by atoms with Crippen molar-refractivity contribution in [1.29, 1.82) is 0 Å². The average molecular weight is 412 g/mol. The van der Waals surface area contributed by atoms with Gasteiger partial charge in [-0.15, -0.1) is 0 Å². The zero-order valence-electron chi connectivity index (χ0n) is 14.8. The van der Waals surface area contributed by atoms with Gasteiger partial charge in [-0.1, -0.05) is 0 Å². The number of ether oxygens (including phenoxy) is 1. The Morgan fingerprint density at radius 3 is 2.54 bits per heavy atom. The Bertz CT molecular complexity index is 1090. The highest BCUT2D eigenvalue weighted by Gasteiger charge is 2.34. The number of alkyl halides is 3. The first-order valence-electron chi connectivity index (χ1n) is 7.87. The summed E-state index contributed by atoms with van der Waals surface area (Å²) in [5.74, 6) is 0.602. The van der Waals surface area contributed by atoms with Crippen LogP contribution in [0.15, 0.2) is 52.8 Å². The van der Waals surface area contributed by atoms with Crippen LogP contribution < -0.4 is 10.3 Å². The van der Waals surface area contributed by atoms with Crippen LogP contribution in [0.25, 0.3) is 11.3 Å². The molecule has 0 aliphatic carbocycles. The molecule has 1 unspecified atom stereocenters. The summed E-state index contributed by atoms with van der Waals surface area (Å²) < 4.78 is 59.1. The smallest absolute Gasteiger partial charge is 0.433 e. The molecule has 3 heterocycles. The molecule has 0 aliphatic heterocycles. The van der Waals surface area contributed by atoms with Crippen LogP contribution in [0.4, 0.5) is 13.2 Å². The Morgan fingerprint density at radius 1 is 1.18 bits per heavy atom. The monoisotopic (exact) mass is 412 g/mol. The van der Waals surface area contributed by atoms with E-state index in [0.717, 1.165) is 6.07 Å². The van der Waals surface area contributed by atoms with Crippen LogP contribution in [0.2, 0.25) is 0 Å². The number of hydrogen-bond donors (Lipinski definition) is 0. The first-order valence-corrected chi connectivity index (χ1v) is 9.43. The van der Waals surface area contributed by atoms with Crippen molar-refractivity contribution >= 4 is 10.8 Å². The van der Waals surface area contributed by atoms with Crippen LogP contribution in [0, 0.1) is 0 Å². The number of aromatic nitrogens is 4. The highest BCUT2D eigenvalue weighted by atomic mass is 32.2. The molecule has 3 aromatic rings. The van der Waals surface area contributed by atoms with Crippen molar-refractivity contribution < 1.29 is 22.1 Å². The van der Waals surface area contributed by atoms with Crippen molar-refractivity contribution in [2.75, 3.05) is 13.4 Å². The third kappa shape index (κ3) is 4.30. The molecule has 0 bridgehead atoms. The summed E-state index contributed by atoms with van der Waals surface area (Å²) in [5.41, 5.74) is -1.36. The minimum atomic E-state index is -4.72. The van der Waals surface area contributed by atoms with Gasteiger partial charge in [-0.3, -0.25) is 13.6 Å². The lowest BCUT2D eigenvalue weighted by atomic mass is 10.2. The van der Waals surface area contributed by atoms with Crippen LogP contribution in [0.3, 0.4) is 0 Å². The van der Waals surface area contributed by atoms with E-state index in [1.165, 1.54) is 36.3 Å². The first-order chi connectivity index (χ1) is 13.2. The number of hydrogen-bond acceptors (Lipinski definition) is 5. The maximum absolute atomic E-state index is 13.1. The molecular formula is C17H15F3N4O3S. The van der Waals surface area contributed by atoms with Crippen LogP contribution >= 0.6 is 0 Å². The molecule has 1 atom stereocenters. The summed E-state index contributed by atoms with van der Waals surface area (Å²) in [6.45, 7) is 0.125. The molecule has 0 fully saturated rings. The third-order valence-corrected chi connectivity index (χ3v) is 4.50. The molecule has 0 saturated carbocycles. The summed E-state index contributed by atoms with van der Waals surface area (Å²) in [4.78, 5) is 19.4. The molecule has 0 saturated heterocycles. The van der Waals surface area contributed by atoms with Crippen LogP contribution in [0.1, 0.15) is 5.69 Å². The van der Waals surface area contributed by atoms with Gasteiger partial charge in [0.15, 0.2) is 0 Å². The molecule has 0 aromatic carbocycles. The quantitative estimate of drug-likeness (QED) is 0.602. The van der Waals surface area contributed by atoms with E-state index in [1.807, 2.05) is 0 Å². The molecule has 0 radical (unpaired) electrons. The third-order valence-electron chi connectivity index (χ3n) is 3.81. The summed E-state index contributed by atoms with van der Waals surface area (Å²) in [7, 11) is -0.297. The van der Waals surface area contributed by atoms with Crippen molar-refractivity contribution in [3.63, 3.8) is 0 Å². The van der Waals surface area contributed by atoms with Crippen LogP contribution in [-0.4, -0.2) is 36.7 Å². The molecular weight excluding hydrogens is 397 g/mol. The normalized spacial score (nSPS) is 12.8. The molecule has 3 aromatic heterocycles. The lowest BCUT2D eigenvalue weighted by molar-refractivity contribution is -0.141. The predicted molar refractivity (Wildman–Crippen MR) is 95.4 cm³/mol. The van der Waals surface area contributed by atoms with Gasteiger partial charge in [-0.25, -0.2) is 9.97 Å². The molecule has 0 amide bonds. The van der Waals surface area contributed by atoms with Gasteiger partial charge in [0.05, 0.1) is 23.6 Å². The molecule has 7 nitrogen and oxygen atoms in total. The SMILES string of the molecule is COc1ccn(Cn2cc(-c3cc(C(F)(F)F)nc(S(C)=O)n3)ccc2=O)c1. The fraction of sp³-hybridized carbons (Fsp3) is 0.235. The van der Waals surface area contributed by atoms with Crippen molar-refractivity contribution in [3.05, 3.63) is 58.9 Å². The fourth-order valence-electron chi connectivity index (χ4n) is 2.44. The highest BCUT2D eigenvalue weighted by Crippen LogP contribution is 2.30. The first kappa shape index (κ1) is 19.8. The van der Waals surface area contributed by atoms with E-state index < -0.39 is 27.8 Å². The van der Waals surface area contributed by atoms with Crippen molar-refractivity contribution in [2.45, 2.75) is 18.0 Å². The predicted octanol–water partition coefficient (Wildman–Crippen LogP) is 2.38. The topological polar surface area (TPSA) is 79.0 Å². The highest BCUT2D eigenvalue weighted by molar-refractivity contribution is 7.84. The standard InChI is InChI=1S/C17H15F3N4O3S/c1-27-12-5-6-23(9-12)10-24-8-11(3-4-15(24)25)13-7-14(17(18,19)20)22-16(21-13)28(2)26/h3-9H,10H2,1-2H3. The molecule has 0 aliphatic rings. The number of halogens is 3. The van der Waals surface area contributed by atoms with Crippen molar-refractivity contribution in [2.24, 2.45) is 0 Å². The van der Waals surface area contributed by atoms with Gasteiger partial charge in [-0.2, -0.15) is 13.2 Å². The summed E-state index contributed by atoms with van der Waals surface area (Å²) >= 11 is 0. The van der Waals surface area contributed by atoms with E-state index in [-0.39, 0.29) is 23.5 Å². The molecule has 11 heteroatoms. The van der Waals surface area contributed by atoms with Crippen molar-refractivity contribution in [1.82, 2.24) is 19.1 Å². The van der Waals surface area contributed by atoms with Gasteiger partial charge in [0.1, 0.15) is 18.1 Å². The lowest BCUT2D eigenvalue weighted by Gasteiger charge is -2.12. The molecule has 148 valence electrons. The average Bonchev–Trinajstić information content (AvgIpc) is 3.10. The van der Waals surface area contributed by atoms with Gasteiger partial charge in [0.25, 0.3) is 5.56 Å². The van der Waals surface area contributed by atoms with Gasteiger partial charge < -0.3 is 9.30 Å². The Labute approximate surface area is 159 Å². The second-order valence-corrected chi connectivity index (χ2v) is 7.08. The fourth-order valence-corrected chi connectivity index (χ4v) is 2.90. The zero-order valence-corrected chi connectivity index (χ0v) is 15.6. The lowest BCUT2D eigenvalue weighted by Crippen LogP contribution is -2.22. The van der Waals surface area contributed by atoms with Gasteiger partial charge >= 0.3 is 6.18 Å². The van der Waals surface area contributed by atoms with Crippen LogP contribution in [0.5, 0.6) is 5.75 Å². The molecule has 0 N–H and O–H groups in total.